The average molecular weight is 232 g/mol. The number of aromatic nitrogens is 1. The van der Waals surface area contributed by atoms with Gasteiger partial charge in [-0.15, -0.1) is 0 Å². The Balaban J connectivity index is 2.73. The third kappa shape index (κ3) is 3.45. The molecule has 0 aliphatic carbocycles. The summed E-state index contributed by atoms with van der Waals surface area (Å²) in [7, 11) is 3.47. The minimum atomic E-state index is -0.127. The van der Waals surface area contributed by atoms with Gasteiger partial charge in [-0.25, -0.2) is 4.98 Å². The van der Waals surface area contributed by atoms with E-state index >= 15 is 0 Å². The average Bonchev–Trinajstić information content (AvgIpc) is 2.37. The summed E-state index contributed by atoms with van der Waals surface area (Å²) in [5, 5.41) is 11.4. The summed E-state index contributed by atoms with van der Waals surface area (Å²) in [6.45, 7) is 2.41. The number of anilines is 1. The van der Waals surface area contributed by atoms with Gasteiger partial charge in [-0.2, -0.15) is 5.26 Å². The first kappa shape index (κ1) is 13.0. The zero-order valence-electron chi connectivity index (χ0n) is 10.3. The van der Waals surface area contributed by atoms with Crippen molar-refractivity contribution < 1.29 is 4.79 Å². The van der Waals surface area contributed by atoms with Gasteiger partial charge in [-0.05, 0) is 12.1 Å². The standard InChI is InChI=1S/C12H16N4O/c1-9(12(17)14-2)8-16(3)11-6-4-5-10(7-13)15-11/h4-6,9H,8H2,1-3H3,(H,14,17). The molecule has 0 bridgehead atoms. The van der Waals surface area contributed by atoms with Crippen LogP contribution in [-0.4, -0.2) is 31.5 Å². The summed E-state index contributed by atoms with van der Waals surface area (Å²) in [5.41, 5.74) is 0.377. The van der Waals surface area contributed by atoms with Gasteiger partial charge >= 0.3 is 0 Å². The molecule has 1 aromatic rings. The van der Waals surface area contributed by atoms with Gasteiger partial charge in [0.2, 0.25) is 5.91 Å². The van der Waals surface area contributed by atoms with Crippen LogP contribution in [0.1, 0.15) is 12.6 Å². The smallest absolute Gasteiger partial charge is 0.224 e. The van der Waals surface area contributed by atoms with Gasteiger partial charge in [-0.3, -0.25) is 4.79 Å². The van der Waals surface area contributed by atoms with Crippen LogP contribution in [0.3, 0.4) is 0 Å². The van der Waals surface area contributed by atoms with Crippen molar-refractivity contribution in [2.24, 2.45) is 5.92 Å². The Kier molecular flexibility index (Phi) is 4.46. The topological polar surface area (TPSA) is 69.0 Å². The second-order valence-corrected chi connectivity index (χ2v) is 3.89. The van der Waals surface area contributed by atoms with E-state index in [0.717, 1.165) is 0 Å². The fourth-order valence-corrected chi connectivity index (χ4v) is 1.53. The fraction of sp³-hybridized carbons (Fsp3) is 0.417. The Morgan fingerprint density at radius 3 is 2.94 bits per heavy atom. The maximum atomic E-state index is 11.4. The summed E-state index contributed by atoms with van der Waals surface area (Å²) >= 11 is 0. The summed E-state index contributed by atoms with van der Waals surface area (Å²) < 4.78 is 0. The highest BCUT2D eigenvalue weighted by Crippen LogP contribution is 2.11. The molecule has 0 aromatic carbocycles. The summed E-state index contributed by atoms with van der Waals surface area (Å²) in [5.74, 6) is 0.561. The number of pyridine rings is 1. The Hall–Kier alpha value is -2.09. The molecule has 1 atom stereocenters. The van der Waals surface area contributed by atoms with Crippen LogP contribution in [0.4, 0.5) is 5.82 Å². The monoisotopic (exact) mass is 232 g/mol. The number of nitriles is 1. The first-order chi connectivity index (χ1) is 8.08. The number of nitrogens with zero attached hydrogens (tertiary/aromatic N) is 3. The van der Waals surface area contributed by atoms with E-state index in [-0.39, 0.29) is 11.8 Å². The molecule has 0 radical (unpaired) electrons. The molecule has 1 N–H and O–H groups in total. The molecule has 1 rings (SSSR count). The highest BCUT2D eigenvalue weighted by molar-refractivity contribution is 5.78. The van der Waals surface area contributed by atoms with E-state index in [1.54, 1.807) is 19.2 Å². The van der Waals surface area contributed by atoms with E-state index in [9.17, 15) is 4.79 Å². The summed E-state index contributed by atoms with van der Waals surface area (Å²) in [4.78, 5) is 17.4. The zero-order chi connectivity index (χ0) is 12.8. The number of carbonyl (C=O) groups is 1. The lowest BCUT2D eigenvalue weighted by atomic mass is 10.1. The molecule has 1 heterocycles. The van der Waals surface area contributed by atoms with Crippen molar-refractivity contribution in [3.63, 3.8) is 0 Å². The first-order valence-electron chi connectivity index (χ1n) is 5.38. The third-order valence-electron chi connectivity index (χ3n) is 2.48. The van der Waals surface area contributed by atoms with E-state index in [1.807, 2.05) is 31.0 Å². The lowest BCUT2D eigenvalue weighted by Crippen LogP contribution is -2.34. The van der Waals surface area contributed by atoms with Crippen LogP contribution in [-0.2, 0) is 4.79 Å². The number of carbonyl (C=O) groups excluding carboxylic acids is 1. The minimum Gasteiger partial charge on any atom is -0.359 e. The Morgan fingerprint density at radius 2 is 2.35 bits per heavy atom. The lowest BCUT2D eigenvalue weighted by molar-refractivity contribution is -0.123. The molecular weight excluding hydrogens is 216 g/mol. The van der Waals surface area contributed by atoms with Crippen LogP contribution in [0.15, 0.2) is 18.2 Å². The van der Waals surface area contributed by atoms with E-state index in [4.69, 9.17) is 5.26 Å². The molecule has 1 amide bonds. The normalized spacial score (nSPS) is 11.4. The van der Waals surface area contributed by atoms with Gasteiger partial charge in [0.1, 0.15) is 17.6 Å². The lowest BCUT2D eigenvalue weighted by Gasteiger charge is -2.21. The van der Waals surface area contributed by atoms with Crippen molar-refractivity contribution in [3.05, 3.63) is 23.9 Å². The van der Waals surface area contributed by atoms with Crippen molar-refractivity contribution in [1.82, 2.24) is 10.3 Å². The minimum absolute atomic E-state index is 0.00622. The first-order valence-corrected chi connectivity index (χ1v) is 5.38. The number of hydrogen-bond donors (Lipinski definition) is 1. The highest BCUT2D eigenvalue weighted by Gasteiger charge is 2.14. The van der Waals surface area contributed by atoms with Crippen LogP contribution in [0.25, 0.3) is 0 Å². The van der Waals surface area contributed by atoms with Crippen molar-refractivity contribution in [2.45, 2.75) is 6.92 Å². The molecule has 1 unspecified atom stereocenters. The second kappa shape index (κ2) is 5.85. The zero-order valence-corrected chi connectivity index (χ0v) is 10.3. The van der Waals surface area contributed by atoms with Crippen molar-refractivity contribution in [2.75, 3.05) is 25.5 Å². The van der Waals surface area contributed by atoms with Crippen LogP contribution in [0.2, 0.25) is 0 Å². The maximum absolute atomic E-state index is 11.4. The molecule has 17 heavy (non-hydrogen) atoms. The molecule has 1 aromatic heterocycles. The molecule has 0 saturated carbocycles. The van der Waals surface area contributed by atoms with Crippen LogP contribution < -0.4 is 10.2 Å². The number of amides is 1. The number of rotatable bonds is 4. The second-order valence-electron chi connectivity index (χ2n) is 3.89. The maximum Gasteiger partial charge on any atom is 0.224 e. The SMILES string of the molecule is CNC(=O)C(C)CN(C)c1cccc(C#N)n1. The van der Waals surface area contributed by atoms with E-state index < -0.39 is 0 Å². The van der Waals surface area contributed by atoms with Gasteiger partial charge in [-0.1, -0.05) is 13.0 Å². The van der Waals surface area contributed by atoms with Gasteiger partial charge in [0.05, 0.1) is 5.92 Å². The highest BCUT2D eigenvalue weighted by atomic mass is 16.1. The van der Waals surface area contributed by atoms with Crippen LogP contribution >= 0.6 is 0 Å². The van der Waals surface area contributed by atoms with E-state index in [0.29, 0.717) is 18.1 Å². The molecule has 0 fully saturated rings. The van der Waals surface area contributed by atoms with Gasteiger partial charge in [0.25, 0.3) is 0 Å². The third-order valence-corrected chi connectivity index (χ3v) is 2.48. The molecule has 0 aliphatic heterocycles. The summed E-state index contributed by atoms with van der Waals surface area (Å²) in [6.07, 6.45) is 0. The Bertz CT molecular complexity index is 438. The van der Waals surface area contributed by atoms with Gasteiger partial charge < -0.3 is 10.2 Å². The molecule has 0 saturated heterocycles. The Morgan fingerprint density at radius 1 is 1.65 bits per heavy atom. The van der Waals surface area contributed by atoms with E-state index in [1.165, 1.54) is 0 Å². The predicted molar refractivity (Wildman–Crippen MR) is 65.5 cm³/mol. The molecule has 0 aliphatic rings. The molecule has 5 nitrogen and oxygen atoms in total. The molecule has 90 valence electrons. The van der Waals surface area contributed by atoms with Crippen molar-refractivity contribution in [1.29, 1.82) is 5.26 Å². The van der Waals surface area contributed by atoms with Crippen LogP contribution in [0.5, 0.6) is 0 Å². The van der Waals surface area contributed by atoms with E-state index in [2.05, 4.69) is 10.3 Å². The quantitative estimate of drug-likeness (QED) is 0.832. The number of hydrogen-bond acceptors (Lipinski definition) is 4. The van der Waals surface area contributed by atoms with Crippen LogP contribution in [0, 0.1) is 17.2 Å². The predicted octanol–water partition coefficient (Wildman–Crippen LogP) is 0.772. The van der Waals surface area contributed by atoms with Crippen molar-refractivity contribution in [3.8, 4) is 6.07 Å². The van der Waals surface area contributed by atoms with Gasteiger partial charge in [0, 0.05) is 20.6 Å². The van der Waals surface area contributed by atoms with Gasteiger partial charge in [0.15, 0.2) is 0 Å². The largest absolute Gasteiger partial charge is 0.359 e. The molecular formula is C12H16N4O. The molecule has 0 spiro atoms. The Labute approximate surface area is 101 Å². The summed E-state index contributed by atoms with van der Waals surface area (Å²) in [6, 6.07) is 7.24. The van der Waals surface area contributed by atoms with Crippen molar-refractivity contribution >= 4 is 11.7 Å². The molecule has 5 heteroatoms. The fourth-order valence-electron chi connectivity index (χ4n) is 1.53. The number of nitrogens with one attached hydrogen (secondary N) is 1.